The number of nitrogens with zero attached hydrogens (tertiary/aromatic N) is 1. The SMILES string of the molecule is O=S(Cc1cscn1)C(c1ccc(F)cc1)c1ccc(F)cc1. The number of halogens is 2. The molecule has 2 nitrogen and oxygen atoms in total. The van der Waals surface area contributed by atoms with E-state index >= 15 is 0 Å². The minimum atomic E-state index is -1.30. The molecule has 3 aromatic rings. The standard InChI is InChI=1S/C17H13F2NOS2/c18-14-5-1-12(2-6-14)17(13-3-7-15(19)8-4-13)23(21)10-16-9-22-11-20-16/h1-9,11,17H,10H2. The monoisotopic (exact) mass is 349 g/mol. The molecule has 23 heavy (non-hydrogen) atoms. The number of thiazole rings is 1. The van der Waals surface area contributed by atoms with Crippen LogP contribution in [-0.2, 0) is 16.6 Å². The van der Waals surface area contributed by atoms with Crippen molar-refractivity contribution in [3.63, 3.8) is 0 Å². The molecule has 0 saturated carbocycles. The van der Waals surface area contributed by atoms with Gasteiger partial charge in [-0.2, -0.15) is 0 Å². The average Bonchev–Trinajstić information content (AvgIpc) is 3.04. The fourth-order valence-corrected chi connectivity index (χ4v) is 4.51. The minimum Gasteiger partial charge on any atom is -0.258 e. The van der Waals surface area contributed by atoms with E-state index in [2.05, 4.69) is 4.98 Å². The van der Waals surface area contributed by atoms with Gasteiger partial charge in [-0.3, -0.25) is 4.21 Å². The van der Waals surface area contributed by atoms with Gasteiger partial charge >= 0.3 is 0 Å². The van der Waals surface area contributed by atoms with Crippen molar-refractivity contribution < 1.29 is 13.0 Å². The predicted octanol–water partition coefficient (Wildman–Crippen LogP) is 4.46. The van der Waals surface area contributed by atoms with Crippen molar-refractivity contribution in [2.24, 2.45) is 0 Å². The van der Waals surface area contributed by atoms with E-state index in [9.17, 15) is 13.0 Å². The highest BCUT2D eigenvalue weighted by Crippen LogP contribution is 2.30. The van der Waals surface area contributed by atoms with Crippen molar-refractivity contribution in [1.29, 1.82) is 0 Å². The van der Waals surface area contributed by atoms with Crippen LogP contribution in [0.2, 0.25) is 0 Å². The summed E-state index contributed by atoms with van der Waals surface area (Å²) < 4.78 is 39.2. The summed E-state index contributed by atoms with van der Waals surface area (Å²) in [6.07, 6.45) is 0. The Hall–Kier alpha value is -1.92. The lowest BCUT2D eigenvalue weighted by Crippen LogP contribution is -2.11. The van der Waals surface area contributed by atoms with Crippen LogP contribution in [0.4, 0.5) is 8.78 Å². The summed E-state index contributed by atoms with van der Waals surface area (Å²) in [7, 11) is -1.30. The third kappa shape index (κ3) is 3.89. The summed E-state index contributed by atoms with van der Waals surface area (Å²) in [5.74, 6) is -0.406. The van der Waals surface area contributed by atoms with Crippen LogP contribution in [0.15, 0.2) is 59.4 Å². The molecule has 6 heteroatoms. The van der Waals surface area contributed by atoms with Crippen LogP contribution in [-0.4, -0.2) is 9.19 Å². The maximum atomic E-state index is 13.2. The molecule has 0 bridgehead atoms. The van der Waals surface area contributed by atoms with Gasteiger partial charge in [-0.05, 0) is 35.4 Å². The summed E-state index contributed by atoms with van der Waals surface area (Å²) in [5.41, 5.74) is 3.90. The van der Waals surface area contributed by atoms with Crippen LogP contribution in [0.5, 0.6) is 0 Å². The smallest absolute Gasteiger partial charge is 0.123 e. The minimum absolute atomic E-state index is 0.295. The van der Waals surface area contributed by atoms with Crippen molar-refractivity contribution in [2.75, 3.05) is 0 Å². The highest BCUT2D eigenvalue weighted by atomic mass is 32.2. The van der Waals surface area contributed by atoms with Crippen molar-refractivity contribution in [1.82, 2.24) is 4.98 Å². The molecule has 1 atom stereocenters. The molecular weight excluding hydrogens is 336 g/mol. The molecule has 1 unspecified atom stereocenters. The zero-order chi connectivity index (χ0) is 16.2. The van der Waals surface area contributed by atoms with E-state index in [0.717, 1.165) is 16.8 Å². The number of rotatable bonds is 5. The van der Waals surface area contributed by atoms with E-state index in [0.29, 0.717) is 5.75 Å². The topological polar surface area (TPSA) is 30.0 Å². The molecule has 2 aromatic carbocycles. The van der Waals surface area contributed by atoms with Gasteiger partial charge in [0.15, 0.2) is 0 Å². The molecule has 0 aliphatic carbocycles. The van der Waals surface area contributed by atoms with E-state index in [-0.39, 0.29) is 11.6 Å². The summed E-state index contributed by atoms with van der Waals surface area (Å²) in [6, 6.07) is 11.8. The van der Waals surface area contributed by atoms with E-state index in [1.165, 1.54) is 35.6 Å². The summed E-state index contributed by atoms with van der Waals surface area (Å²) in [5, 5.41) is 1.39. The van der Waals surface area contributed by atoms with Gasteiger partial charge in [-0.1, -0.05) is 24.3 Å². The van der Waals surface area contributed by atoms with Gasteiger partial charge in [-0.25, -0.2) is 13.8 Å². The lowest BCUT2D eigenvalue weighted by molar-refractivity contribution is 0.626. The second-order valence-corrected chi connectivity index (χ2v) is 7.23. The number of aromatic nitrogens is 1. The molecular formula is C17H13F2NOS2. The van der Waals surface area contributed by atoms with Crippen LogP contribution in [0.3, 0.4) is 0 Å². The van der Waals surface area contributed by atoms with E-state index in [4.69, 9.17) is 0 Å². The van der Waals surface area contributed by atoms with Gasteiger partial charge < -0.3 is 0 Å². The first-order valence-corrected chi connectivity index (χ1v) is 9.21. The first kappa shape index (κ1) is 16.0. The Morgan fingerprint density at radius 2 is 1.48 bits per heavy atom. The van der Waals surface area contributed by atoms with Crippen molar-refractivity contribution in [3.8, 4) is 0 Å². The number of hydrogen-bond donors (Lipinski definition) is 0. The van der Waals surface area contributed by atoms with Gasteiger partial charge in [0, 0.05) is 16.2 Å². The maximum absolute atomic E-state index is 13.2. The zero-order valence-electron chi connectivity index (χ0n) is 12.0. The Morgan fingerprint density at radius 1 is 0.957 bits per heavy atom. The second kappa shape index (κ2) is 7.10. The highest BCUT2D eigenvalue weighted by Gasteiger charge is 2.22. The summed E-state index contributed by atoms with van der Waals surface area (Å²) in [4.78, 5) is 4.16. The van der Waals surface area contributed by atoms with Crippen LogP contribution in [0.1, 0.15) is 22.1 Å². The largest absolute Gasteiger partial charge is 0.258 e. The Balaban J connectivity index is 1.97. The van der Waals surface area contributed by atoms with Gasteiger partial charge in [-0.15, -0.1) is 11.3 Å². The normalized spacial score (nSPS) is 12.5. The lowest BCUT2D eigenvalue weighted by Gasteiger charge is -2.17. The molecule has 0 amide bonds. The van der Waals surface area contributed by atoms with Crippen molar-refractivity contribution in [3.05, 3.63) is 87.9 Å². The molecule has 1 heterocycles. The summed E-state index contributed by atoms with van der Waals surface area (Å²) >= 11 is 1.44. The Bertz CT molecular complexity index is 741. The third-order valence-electron chi connectivity index (χ3n) is 3.38. The molecule has 0 aliphatic heterocycles. The maximum Gasteiger partial charge on any atom is 0.123 e. The van der Waals surface area contributed by atoms with Gasteiger partial charge in [0.25, 0.3) is 0 Å². The fraction of sp³-hybridized carbons (Fsp3) is 0.118. The highest BCUT2D eigenvalue weighted by molar-refractivity contribution is 7.84. The molecule has 0 fully saturated rings. The molecule has 0 spiro atoms. The Labute approximate surface area is 139 Å². The first-order valence-electron chi connectivity index (χ1n) is 6.88. The van der Waals surface area contributed by atoms with Crippen LogP contribution >= 0.6 is 11.3 Å². The molecule has 3 rings (SSSR count). The molecule has 118 valence electrons. The molecule has 0 radical (unpaired) electrons. The van der Waals surface area contributed by atoms with E-state index < -0.39 is 16.0 Å². The molecule has 1 aromatic heterocycles. The lowest BCUT2D eigenvalue weighted by atomic mass is 10.0. The molecule has 0 saturated heterocycles. The van der Waals surface area contributed by atoms with Crippen LogP contribution < -0.4 is 0 Å². The number of benzene rings is 2. The Morgan fingerprint density at radius 3 is 1.91 bits per heavy atom. The van der Waals surface area contributed by atoms with Crippen LogP contribution in [0.25, 0.3) is 0 Å². The van der Waals surface area contributed by atoms with Gasteiger partial charge in [0.2, 0.25) is 0 Å². The van der Waals surface area contributed by atoms with E-state index in [1.807, 2.05) is 5.38 Å². The third-order valence-corrected chi connectivity index (χ3v) is 5.67. The average molecular weight is 349 g/mol. The molecule has 0 aliphatic rings. The van der Waals surface area contributed by atoms with E-state index in [1.54, 1.807) is 29.8 Å². The summed E-state index contributed by atoms with van der Waals surface area (Å²) in [6.45, 7) is 0. The van der Waals surface area contributed by atoms with Gasteiger partial charge in [0.05, 0.1) is 22.2 Å². The zero-order valence-corrected chi connectivity index (χ0v) is 13.6. The fourth-order valence-electron chi connectivity index (χ4n) is 2.31. The predicted molar refractivity (Wildman–Crippen MR) is 88.6 cm³/mol. The second-order valence-electron chi connectivity index (χ2n) is 4.99. The number of hydrogen-bond acceptors (Lipinski definition) is 3. The van der Waals surface area contributed by atoms with Gasteiger partial charge in [0.1, 0.15) is 11.6 Å². The van der Waals surface area contributed by atoms with Crippen molar-refractivity contribution in [2.45, 2.75) is 11.0 Å². The van der Waals surface area contributed by atoms with Crippen LogP contribution in [0, 0.1) is 11.6 Å². The molecule has 0 N–H and O–H groups in total. The first-order chi connectivity index (χ1) is 11.1. The Kier molecular flexibility index (Phi) is 4.93. The van der Waals surface area contributed by atoms with Crippen molar-refractivity contribution >= 4 is 22.1 Å². The quantitative estimate of drug-likeness (QED) is 0.681.